The number of pyridine rings is 1. The Balaban J connectivity index is 1.29. The van der Waals surface area contributed by atoms with E-state index in [2.05, 4.69) is 25.6 Å². The van der Waals surface area contributed by atoms with Crippen molar-refractivity contribution in [2.24, 2.45) is 5.92 Å². The second kappa shape index (κ2) is 10.6. The number of nitrogens with zero attached hydrogens (tertiary/aromatic N) is 4. The van der Waals surface area contributed by atoms with Gasteiger partial charge >= 0.3 is 0 Å². The third-order valence-corrected chi connectivity index (χ3v) is 7.73. The normalized spacial score (nSPS) is 20.0. The summed E-state index contributed by atoms with van der Waals surface area (Å²) < 4.78 is 15.9. The molecular formula is C29H26ClFN6O2. The molecule has 5 heterocycles. The zero-order valence-electron chi connectivity index (χ0n) is 21.0. The first-order chi connectivity index (χ1) is 19.0. The largest absolute Gasteiger partial charge is 0.346 e. The summed E-state index contributed by atoms with van der Waals surface area (Å²) in [5.41, 5.74) is 1.53. The third-order valence-electron chi connectivity index (χ3n) is 7.40. The molecule has 198 valence electrons. The van der Waals surface area contributed by atoms with Crippen LogP contribution < -0.4 is 10.6 Å². The van der Waals surface area contributed by atoms with Crippen molar-refractivity contribution >= 4 is 29.2 Å². The Morgan fingerprint density at radius 3 is 2.49 bits per heavy atom. The lowest BCUT2D eigenvalue weighted by Crippen LogP contribution is -2.57. The van der Waals surface area contributed by atoms with E-state index in [1.165, 1.54) is 35.1 Å². The minimum Gasteiger partial charge on any atom is -0.346 e. The number of hydrogen-bond donors (Lipinski definition) is 2. The summed E-state index contributed by atoms with van der Waals surface area (Å²) in [4.78, 5) is 33.1. The molecule has 2 aromatic heterocycles. The van der Waals surface area contributed by atoms with Gasteiger partial charge in [0.05, 0.1) is 16.3 Å². The zero-order valence-corrected chi connectivity index (χ0v) is 21.7. The van der Waals surface area contributed by atoms with Crippen LogP contribution in [0.2, 0.25) is 5.02 Å². The molecule has 4 aromatic rings. The van der Waals surface area contributed by atoms with E-state index in [0.29, 0.717) is 23.0 Å². The van der Waals surface area contributed by atoms with Crippen LogP contribution >= 0.6 is 11.6 Å². The van der Waals surface area contributed by atoms with Crippen LogP contribution in [0.3, 0.4) is 0 Å². The van der Waals surface area contributed by atoms with E-state index in [4.69, 9.17) is 11.6 Å². The van der Waals surface area contributed by atoms with Gasteiger partial charge < -0.3 is 15.5 Å². The van der Waals surface area contributed by atoms with Crippen LogP contribution in [0.5, 0.6) is 0 Å². The lowest BCUT2D eigenvalue weighted by atomic mass is 9.84. The van der Waals surface area contributed by atoms with Gasteiger partial charge in [-0.05, 0) is 68.2 Å². The average molecular weight is 545 g/mol. The number of piperidine rings is 3. The van der Waals surface area contributed by atoms with Gasteiger partial charge in [-0.25, -0.2) is 9.07 Å². The lowest BCUT2D eigenvalue weighted by Gasteiger charge is -2.44. The van der Waals surface area contributed by atoms with Gasteiger partial charge in [0.25, 0.3) is 11.8 Å². The fraction of sp³-hybridized carbons (Fsp3) is 0.241. The standard InChI is InChI=1S/C29H26ClFN6O2/c30-22-9-8-19(27-23(31)7-4-12-32-27)15-21(22)28(38)34-26-16-24(35-37(26)20-5-2-1-3-6-20)29(39)33-25-17-36-13-10-18(25)11-14-36/h1-9,12,15-16,18,25H,10-11,13-14,17H2,(H,33,39)(H,34,38)/t25-/m0/s1. The maximum Gasteiger partial charge on any atom is 0.272 e. The van der Waals surface area contributed by atoms with Gasteiger partial charge in [0, 0.05) is 30.4 Å². The molecule has 3 aliphatic heterocycles. The number of benzene rings is 2. The summed E-state index contributed by atoms with van der Waals surface area (Å²) in [6.07, 6.45) is 3.63. The number of fused-ring (bicyclic) bond motifs is 3. The Bertz CT molecular complexity index is 1530. The Morgan fingerprint density at radius 2 is 1.77 bits per heavy atom. The number of amides is 2. The molecule has 0 unspecified atom stereocenters. The van der Waals surface area contributed by atoms with Crippen molar-refractivity contribution < 1.29 is 14.0 Å². The molecule has 2 aromatic carbocycles. The molecule has 10 heteroatoms. The van der Waals surface area contributed by atoms with Crippen LogP contribution in [0.4, 0.5) is 10.2 Å². The van der Waals surface area contributed by atoms with Crippen molar-refractivity contribution in [3.8, 4) is 16.9 Å². The molecule has 3 fully saturated rings. The minimum absolute atomic E-state index is 0.0773. The van der Waals surface area contributed by atoms with Gasteiger partial charge in [0.2, 0.25) is 0 Å². The molecule has 3 saturated heterocycles. The first kappa shape index (κ1) is 25.2. The van der Waals surface area contributed by atoms with Crippen LogP contribution in [-0.4, -0.2) is 57.2 Å². The zero-order chi connectivity index (χ0) is 26.9. The van der Waals surface area contributed by atoms with Gasteiger partial charge in [0.15, 0.2) is 5.69 Å². The molecule has 2 amide bonds. The molecule has 0 aliphatic carbocycles. The smallest absolute Gasteiger partial charge is 0.272 e. The van der Waals surface area contributed by atoms with E-state index in [0.717, 1.165) is 32.5 Å². The van der Waals surface area contributed by atoms with Crippen molar-refractivity contribution in [3.63, 3.8) is 0 Å². The molecular weight excluding hydrogens is 519 g/mol. The van der Waals surface area contributed by atoms with Crippen molar-refractivity contribution in [2.45, 2.75) is 18.9 Å². The van der Waals surface area contributed by atoms with Crippen LogP contribution in [0.1, 0.15) is 33.7 Å². The highest BCUT2D eigenvalue weighted by atomic mass is 35.5. The molecule has 3 aliphatic rings. The molecule has 39 heavy (non-hydrogen) atoms. The molecule has 7 rings (SSSR count). The van der Waals surface area contributed by atoms with E-state index in [-0.39, 0.29) is 33.9 Å². The first-order valence-electron chi connectivity index (χ1n) is 12.9. The molecule has 0 spiro atoms. The van der Waals surface area contributed by atoms with Crippen molar-refractivity contribution in [1.29, 1.82) is 0 Å². The van der Waals surface area contributed by atoms with Gasteiger partial charge in [-0.15, -0.1) is 0 Å². The molecule has 2 N–H and O–H groups in total. The molecule has 8 nitrogen and oxygen atoms in total. The minimum atomic E-state index is -0.528. The van der Waals surface area contributed by atoms with E-state index < -0.39 is 11.7 Å². The lowest BCUT2D eigenvalue weighted by molar-refractivity contribution is 0.0617. The Kier molecular flexibility index (Phi) is 6.85. The van der Waals surface area contributed by atoms with E-state index in [9.17, 15) is 14.0 Å². The fourth-order valence-corrected chi connectivity index (χ4v) is 5.55. The van der Waals surface area contributed by atoms with Gasteiger partial charge in [-0.1, -0.05) is 35.9 Å². The summed E-state index contributed by atoms with van der Waals surface area (Å²) in [5, 5.41) is 10.7. The molecule has 0 radical (unpaired) electrons. The van der Waals surface area contributed by atoms with E-state index >= 15 is 0 Å². The summed E-state index contributed by atoms with van der Waals surface area (Å²) in [6.45, 7) is 2.99. The maximum atomic E-state index is 14.3. The SMILES string of the molecule is O=C(N[C@H]1CN2CCC1CC2)c1cc(NC(=O)c2cc(-c3ncccc3F)ccc2Cl)n(-c2ccccc2)n1. The molecule has 2 bridgehead atoms. The van der Waals surface area contributed by atoms with Crippen LogP contribution in [-0.2, 0) is 0 Å². The highest BCUT2D eigenvalue weighted by Gasteiger charge is 2.35. The number of para-hydroxylation sites is 1. The average Bonchev–Trinajstić information content (AvgIpc) is 3.39. The summed E-state index contributed by atoms with van der Waals surface area (Å²) in [5.74, 6) is -0.556. The maximum absolute atomic E-state index is 14.3. The van der Waals surface area contributed by atoms with Crippen LogP contribution in [0, 0.1) is 11.7 Å². The quantitative estimate of drug-likeness (QED) is 0.364. The first-order valence-corrected chi connectivity index (χ1v) is 13.2. The number of nitrogens with one attached hydrogen (secondary N) is 2. The second-order valence-corrected chi connectivity index (χ2v) is 10.3. The summed E-state index contributed by atoms with van der Waals surface area (Å²) in [6, 6.07) is 18.3. The highest BCUT2D eigenvalue weighted by Crippen LogP contribution is 2.29. The van der Waals surface area contributed by atoms with Crippen LogP contribution in [0.15, 0.2) is 72.9 Å². The van der Waals surface area contributed by atoms with Crippen LogP contribution in [0.25, 0.3) is 16.9 Å². The number of carbonyl (C=O) groups excluding carboxylic acids is 2. The van der Waals surface area contributed by atoms with Crippen molar-refractivity contribution in [2.75, 3.05) is 25.0 Å². The van der Waals surface area contributed by atoms with Gasteiger partial charge in [0.1, 0.15) is 17.3 Å². The second-order valence-electron chi connectivity index (χ2n) is 9.86. The van der Waals surface area contributed by atoms with Crippen molar-refractivity contribution in [3.05, 3.63) is 95.0 Å². The number of hydrogen-bond acceptors (Lipinski definition) is 5. The number of rotatable bonds is 6. The number of carbonyl (C=O) groups is 2. The van der Waals surface area contributed by atoms with Crippen molar-refractivity contribution in [1.82, 2.24) is 25.0 Å². The summed E-state index contributed by atoms with van der Waals surface area (Å²) in [7, 11) is 0. The van der Waals surface area contributed by atoms with Gasteiger partial charge in [-0.2, -0.15) is 5.10 Å². The Hall–Kier alpha value is -4.08. The topological polar surface area (TPSA) is 92.2 Å². The Morgan fingerprint density at radius 1 is 0.974 bits per heavy atom. The number of halogens is 2. The predicted molar refractivity (Wildman–Crippen MR) is 147 cm³/mol. The number of aromatic nitrogens is 3. The van der Waals surface area contributed by atoms with E-state index in [1.807, 2.05) is 30.3 Å². The monoisotopic (exact) mass is 544 g/mol. The Labute approximate surface area is 229 Å². The predicted octanol–water partition coefficient (Wildman–Crippen LogP) is 4.80. The number of anilines is 1. The summed E-state index contributed by atoms with van der Waals surface area (Å²) >= 11 is 6.37. The van der Waals surface area contributed by atoms with E-state index in [1.54, 1.807) is 12.1 Å². The third kappa shape index (κ3) is 5.15. The molecule has 0 saturated carbocycles. The fourth-order valence-electron chi connectivity index (χ4n) is 5.35. The van der Waals surface area contributed by atoms with Gasteiger partial charge in [-0.3, -0.25) is 14.6 Å². The highest BCUT2D eigenvalue weighted by molar-refractivity contribution is 6.34. The molecule has 1 atom stereocenters.